The quantitative estimate of drug-likeness (QED) is 0.743. The molecule has 4 heteroatoms. The van der Waals surface area contributed by atoms with Crippen LogP contribution in [0.25, 0.3) is 0 Å². The predicted molar refractivity (Wildman–Crippen MR) is 72.2 cm³/mol. The summed E-state index contributed by atoms with van der Waals surface area (Å²) in [6, 6.07) is 0.508. The molecule has 1 atom stereocenters. The van der Waals surface area contributed by atoms with Crippen LogP contribution in [-0.2, 0) is 6.54 Å². The van der Waals surface area contributed by atoms with Crippen molar-refractivity contribution in [2.45, 2.75) is 39.8 Å². The Hall–Kier alpha value is -0.480. The molecular weight excluding hydrogens is 218 g/mol. The van der Waals surface area contributed by atoms with Crippen LogP contribution < -0.4 is 5.32 Å². The van der Waals surface area contributed by atoms with E-state index in [1.54, 1.807) is 0 Å². The van der Waals surface area contributed by atoms with E-state index in [1.165, 1.54) is 17.9 Å². The topological polar surface area (TPSA) is 29.9 Å². The normalized spacial score (nSPS) is 13.0. The van der Waals surface area contributed by atoms with Crippen LogP contribution in [0.2, 0.25) is 0 Å². The van der Waals surface area contributed by atoms with Crippen LogP contribution in [-0.4, -0.2) is 34.1 Å². The van der Waals surface area contributed by atoms with Crippen molar-refractivity contribution in [3.63, 3.8) is 0 Å². The Morgan fingerprint density at radius 3 is 2.81 bits per heavy atom. The number of nitrogens with one attached hydrogen (secondary N) is 1. The van der Waals surface area contributed by atoms with Gasteiger partial charge in [-0.3, -0.25) is 0 Å². The Kier molecular flexibility index (Phi) is 5.91. The summed E-state index contributed by atoms with van der Waals surface area (Å²) in [4.78, 5) is 4.31. The van der Waals surface area contributed by atoms with Crippen LogP contribution in [0, 0.1) is 13.8 Å². The van der Waals surface area contributed by atoms with Gasteiger partial charge < -0.3 is 9.88 Å². The number of rotatable bonds is 7. The van der Waals surface area contributed by atoms with Gasteiger partial charge in [0.25, 0.3) is 0 Å². The zero-order chi connectivity index (χ0) is 12.0. The smallest absolute Gasteiger partial charge is 0.0951 e. The number of hydrogen-bond donors (Lipinski definition) is 1. The van der Waals surface area contributed by atoms with E-state index >= 15 is 0 Å². The first kappa shape index (κ1) is 13.6. The van der Waals surface area contributed by atoms with Crippen molar-refractivity contribution in [1.82, 2.24) is 14.9 Å². The monoisotopic (exact) mass is 241 g/mol. The molecule has 1 heterocycles. The average molecular weight is 241 g/mol. The molecule has 0 aliphatic carbocycles. The minimum Gasteiger partial charge on any atom is -0.333 e. The van der Waals surface area contributed by atoms with Crippen LogP contribution in [0.1, 0.15) is 24.7 Å². The molecule has 0 fully saturated rings. The number of thioether (sulfide) groups is 1. The third-order valence-electron chi connectivity index (χ3n) is 2.83. The third-order valence-corrected chi connectivity index (χ3v) is 3.53. The van der Waals surface area contributed by atoms with Crippen molar-refractivity contribution >= 4 is 11.8 Å². The highest BCUT2D eigenvalue weighted by Gasteiger charge is 2.06. The van der Waals surface area contributed by atoms with E-state index in [0.717, 1.165) is 18.8 Å². The van der Waals surface area contributed by atoms with Crippen LogP contribution >= 0.6 is 11.8 Å². The van der Waals surface area contributed by atoms with Gasteiger partial charge in [-0.1, -0.05) is 0 Å². The highest BCUT2D eigenvalue weighted by Crippen LogP contribution is 2.05. The van der Waals surface area contributed by atoms with E-state index in [4.69, 9.17) is 0 Å². The molecule has 1 rings (SSSR count). The van der Waals surface area contributed by atoms with Crippen molar-refractivity contribution < 1.29 is 0 Å². The standard InChI is InChI=1S/C12H23N3S/c1-10(13-6-5-7-16-4)8-15-9-14-11(2)12(15)3/h9-10,13H,5-8H2,1-4H3. The maximum absolute atomic E-state index is 4.31. The van der Waals surface area contributed by atoms with E-state index in [9.17, 15) is 0 Å². The lowest BCUT2D eigenvalue weighted by molar-refractivity contribution is 0.473. The Morgan fingerprint density at radius 2 is 2.25 bits per heavy atom. The van der Waals surface area contributed by atoms with Crippen LogP contribution in [0.3, 0.4) is 0 Å². The summed E-state index contributed by atoms with van der Waals surface area (Å²) in [5.41, 5.74) is 2.41. The van der Waals surface area contributed by atoms with E-state index in [2.05, 4.69) is 41.9 Å². The minimum atomic E-state index is 0.508. The lowest BCUT2D eigenvalue weighted by atomic mass is 10.3. The number of imidazole rings is 1. The molecule has 1 aromatic rings. The van der Waals surface area contributed by atoms with Gasteiger partial charge in [0.15, 0.2) is 0 Å². The molecular formula is C12H23N3S. The molecule has 3 nitrogen and oxygen atoms in total. The number of aryl methyl sites for hydroxylation is 1. The predicted octanol–water partition coefficient (Wildman–Crippen LogP) is 2.23. The SMILES string of the molecule is CSCCCNC(C)Cn1cnc(C)c1C. The lowest BCUT2D eigenvalue weighted by Gasteiger charge is -2.15. The first-order valence-corrected chi connectivity index (χ1v) is 7.25. The molecule has 1 aromatic heterocycles. The van der Waals surface area contributed by atoms with Crippen molar-refractivity contribution in [2.75, 3.05) is 18.6 Å². The summed E-state index contributed by atoms with van der Waals surface area (Å²) in [5, 5.41) is 3.54. The van der Waals surface area contributed by atoms with Crippen molar-refractivity contribution in [1.29, 1.82) is 0 Å². The molecule has 1 N–H and O–H groups in total. The van der Waals surface area contributed by atoms with Gasteiger partial charge in [-0.25, -0.2) is 4.98 Å². The zero-order valence-corrected chi connectivity index (χ0v) is 11.6. The second kappa shape index (κ2) is 6.97. The number of aromatic nitrogens is 2. The minimum absolute atomic E-state index is 0.508. The summed E-state index contributed by atoms with van der Waals surface area (Å²) in [6.45, 7) is 8.53. The van der Waals surface area contributed by atoms with Gasteiger partial charge in [-0.15, -0.1) is 0 Å². The van der Waals surface area contributed by atoms with Gasteiger partial charge in [-0.2, -0.15) is 11.8 Å². The van der Waals surface area contributed by atoms with E-state index in [-0.39, 0.29) is 0 Å². The van der Waals surface area contributed by atoms with Gasteiger partial charge in [0.1, 0.15) is 0 Å². The fourth-order valence-electron chi connectivity index (χ4n) is 1.65. The highest BCUT2D eigenvalue weighted by molar-refractivity contribution is 7.98. The lowest BCUT2D eigenvalue weighted by Crippen LogP contribution is -2.31. The second-order valence-corrected chi connectivity index (χ2v) is 5.25. The van der Waals surface area contributed by atoms with Crippen molar-refractivity contribution in [3.05, 3.63) is 17.7 Å². The molecule has 0 spiro atoms. The molecule has 1 unspecified atom stereocenters. The number of nitrogens with zero attached hydrogens (tertiary/aromatic N) is 2. The Labute approximate surface area is 103 Å². The average Bonchev–Trinajstić information content (AvgIpc) is 2.56. The summed E-state index contributed by atoms with van der Waals surface area (Å²) in [6.07, 6.45) is 5.33. The Balaban J connectivity index is 2.28. The first-order chi connectivity index (χ1) is 7.65. The number of hydrogen-bond acceptors (Lipinski definition) is 3. The van der Waals surface area contributed by atoms with Crippen LogP contribution in [0.15, 0.2) is 6.33 Å². The van der Waals surface area contributed by atoms with E-state index in [1.807, 2.05) is 18.1 Å². The first-order valence-electron chi connectivity index (χ1n) is 5.85. The molecule has 0 aliphatic rings. The van der Waals surface area contributed by atoms with E-state index in [0.29, 0.717) is 6.04 Å². The Bertz CT molecular complexity index is 309. The fourth-order valence-corrected chi connectivity index (χ4v) is 2.09. The molecule has 0 aromatic carbocycles. The molecule has 0 radical (unpaired) electrons. The van der Waals surface area contributed by atoms with E-state index < -0.39 is 0 Å². The highest BCUT2D eigenvalue weighted by atomic mass is 32.2. The Morgan fingerprint density at radius 1 is 1.50 bits per heavy atom. The van der Waals surface area contributed by atoms with Crippen LogP contribution in [0.5, 0.6) is 0 Å². The van der Waals surface area contributed by atoms with Gasteiger partial charge in [0.2, 0.25) is 0 Å². The molecule has 92 valence electrons. The molecule has 0 amide bonds. The van der Waals surface area contributed by atoms with Crippen molar-refractivity contribution in [2.24, 2.45) is 0 Å². The fraction of sp³-hybridized carbons (Fsp3) is 0.750. The molecule has 0 aliphatic heterocycles. The van der Waals surface area contributed by atoms with Gasteiger partial charge in [0, 0.05) is 18.3 Å². The second-order valence-electron chi connectivity index (χ2n) is 4.27. The molecule has 0 saturated heterocycles. The summed E-state index contributed by atoms with van der Waals surface area (Å²) in [5.74, 6) is 1.24. The maximum Gasteiger partial charge on any atom is 0.0951 e. The zero-order valence-electron chi connectivity index (χ0n) is 10.8. The van der Waals surface area contributed by atoms with Gasteiger partial charge >= 0.3 is 0 Å². The maximum atomic E-state index is 4.31. The molecule has 0 saturated carbocycles. The summed E-state index contributed by atoms with van der Waals surface area (Å²) in [7, 11) is 0. The molecule has 0 bridgehead atoms. The third kappa shape index (κ3) is 4.18. The largest absolute Gasteiger partial charge is 0.333 e. The molecule has 16 heavy (non-hydrogen) atoms. The summed E-state index contributed by atoms with van der Waals surface area (Å²) >= 11 is 1.91. The van der Waals surface area contributed by atoms with Crippen LogP contribution in [0.4, 0.5) is 0 Å². The van der Waals surface area contributed by atoms with Crippen molar-refractivity contribution in [3.8, 4) is 0 Å². The van der Waals surface area contributed by atoms with Gasteiger partial charge in [0.05, 0.1) is 12.0 Å². The van der Waals surface area contributed by atoms with Gasteiger partial charge in [-0.05, 0) is 45.7 Å². The summed E-state index contributed by atoms with van der Waals surface area (Å²) < 4.78 is 2.22.